The average molecular weight is 478 g/mol. The number of pyridine rings is 1. The van der Waals surface area contributed by atoms with Crippen LogP contribution in [0.4, 0.5) is 22.0 Å². The molecule has 0 atom stereocenters. The van der Waals surface area contributed by atoms with Gasteiger partial charge in [-0.3, -0.25) is 4.79 Å². The van der Waals surface area contributed by atoms with Crippen molar-refractivity contribution in [3.63, 3.8) is 0 Å². The molecule has 1 aliphatic heterocycles. The maximum atomic E-state index is 12.3. The number of nitrogens with zero attached hydrogens (tertiary/aromatic N) is 2. The third-order valence-corrected chi connectivity index (χ3v) is 6.46. The first-order valence-corrected chi connectivity index (χ1v) is 11.7. The van der Waals surface area contributed by atoms with Gasteiger partial charge in [0.15, 0.2) is 6.61 Å². The van der Waals surface area contributed by atoms with Crippen LogP contribution in [0.3, 0.4) is 0 Å². The van der Waals surface area contributed by atoms with Gasteiger partial charge in [0.25, 0.3) is 6.43 Å². The van der Waals surface area contributed by atoms with Crippen molar-refractivity contribution in [2.75, 3.05) is 26.2 Å². The summed E-state index contributed by atoms with van der Waals surface area (Å²) in [6, 6.07) is 3.54. The Balaban J connectivity index is 1.35. The Morgan fingerprint density at radius 3 is 2.58 bits per heavy atom. The number of hydrogen-bond donors (Lipinski definition) is 1. The van der Waals surface area contributed by atoms with E-state index in [-0.39, 0.29) is 11.9 Å². The van der Waals surface area contributed by atoms with Crippen molar-refractivity contribution in [1.29, 1.82) is 0 Å². The van der Waals surface area contributed by atoms with Gasteiger partial charge in [-0.05, 0) is 56.6 Å². The second kappa shape index (κ2) is 11.9. The molecular weight excluding hydrogens is 445 g/mol. The fourth-order valence-electron chi connectivity index (χ4n) is 4.58. The maximum Gasteiger partial charge on any atom is 0.389 e. The van der Waals surface area contributed by atoms with Crippen LogP contribution in [-0.4, -0.2) is 60.7 Å². The third kappa shape index (κ3) is 9.06. The SMILES string of the molecule is O=C(CCC(F)(F)F)NC1CCC(CCN2CCc3ccc(OCC(F)F)nc3CC2)CC1. The van der Waals surface area contributed by atoms with E-state index in [1.807, 2.05) is 6.07 Å². The molecule has 0 bridgehead atoms. The van der Waals surface area contributed by atoms with Crippen LogP contribution in [0, 0.1) is 5.92 Å². The molecule has 186 valence electrons. The second-order valence-corrected chi connectivity index (χ2v) is 8.99. The summed E-state index contributed by atoms with van der Waals surface area (Å²) in [5.74, 6) is 0.271. The van der Waals surface area contributed by atoms with E-state index in [1.165, 1.54) is 0 Å². The molecule has 0 aromatic carbocycles. The molecule has 5 nitrogen and oxygen atoms in total. The topological polar surface area (TPSA) is 54.5 Å². The third-order valence-electron chi connectivity index (χ3n) is 6.46. The normalized spacial score (nSPS) is 22.0. The number of carbonyl (C=O) groups excluding carboxylic acids is 1. The van der Waals surface area contributed by atoms with Gasteiger partial charge in [0, 0.05) is 43.7 Å². The second-order valence-electron chi connectivity index (χ2n) is 8.99. The number of hydrogen-bond acceptors (Lipinski definition) is 4. The molecule has 1 fully saturated rings. The lowest BCUT2D eigenvalue weighted by Gasteiger charge is -2.30. The van der Waals surface area contributed by atoms with E-state index in [1.54, 1.807) is 6.07 Å². The highest BCUT2D eigenvalue weighted by Gasteiger charge is 2.29. The van der Waals surface area contributed by atoms with Crippen molar-refractivity contribution in [2.24, 2.45) is 5.92 Å². The van der Waals surface area contributed by atoms with Crippen LogP contribution in [0.2, 0.25) is 0 Å². The summed E-state index contributed by atoms with van der Waals surface area (Å²) in [5.41, 5.74) is 2.04. The number of halogens is 5. The van der Waals surface area contributed by atoms with Crippen LogP contribution < -0.4 is 10.1 Å². The van der Waals surface area contributed by atoms with Crippen molar-refractivity contribution in [3.05, 3.63) is 23.4 Å². The van der Waals surface area contributed by atoms with Gasteiger partial charge in [-0.25, -0.2) is 13.8 Å². The Kier molecular flexibility index (Phi) is 9.28. The first kappa shape index (κ1) is 25.6. The Hall–Kier alpha value is -1.97. The molecule has 1 amide bonds. The standard InChI is InChI=1S/C23H32F5N3O2/c24-20(25)15-33-22-6-3-17-9-13-31(14-10-19(17)30-22)12-8-16-1-4-18(5-2-16)29-21(32)7-11-23(26,27)28/h3,6,16,18,20H,1-2,4-5,7-15H2,(H,29,32). The molecule has 0 radical (unpaired) electrons. The summed E-state index contributed by atoms with van der Waals surface area (Å²) < 4.78 is 66.5. The van der Waals surface area contributed by atoms with E-state index in [4.69, 9.17) is 4.74 Å². The molecule has 0 unspecified atom stereocenters. The summed E-state index contributed by atoms with van der Waals surface area (Å²) in [4.78, 5) is 18.5. The van der Waals surface area contributed by atoms with Crippen molar-refractivity contribution in [2.45, 2.75) is 76.4 Å². The molecular formula is C23H32F5N3O2. The summed E-state index contributed by atoms with van der Waals surface area (Å²) in [6.07, 6.45) is -2.23. The van der Waals surface area contributed by atoms with Gasteiger partial charge in [-0.15, -0.1) is 0 Å². The predicted molar refractivity (Wildman–Crippen MR) is 113 cm³/mol. The fraction of sp³-hybridized carbons (Fsp3) is 0.739. The highest BCUT2D eigenvalue weighted by atomic mass is 19.4. The molecule has 10 heteroatoms. The van der Waals surface area contributed by atoms with E-state index < -0.39 is 38.0 Å². The predicted octanol–water partition coefficient (Wildman–Crippen LogP) is 4.53. The summed E-state index contributed by atoms with van der Waals surface area (Å²) in [6.45, 7) is 2.06. The lowest BCUT2D eigenvalue weighted by molar-refractivity contribution is -0.144. The Bertz CT molecular complexity index is 767. The number of carbonyl (C=O) groups is 1. The molecule has 1 saturated carbocycles. The largest absolute Gasteiger partial charge is 0.472 e. The van der Waals surface area contributed by atoms with Gasteiger partial charge in [-0.1, -0.05) is 6.07 Å². The molecule has 1 N–H and O–H groups in total. The molecule has 1 aromatic heterocycles. The van der Waals surface area contributed by atoms with Gasteiger partial charge >= 0.3 is 6.18 Å². The van der Waals surface area contributed by atoms with Gasteiger partial charge < -0.3 is 15.0 Å². The minimum atomic E-state index is -4.30. The number of ether oxygens (including phenoxy) is 1. The zero-order chi connectivity index (χ0) is 23.8. The van der Waals surface area contributed by atoms with Crippen LogP contribution in [-0.2, 0) is 17.6 Å². The summed E-state index contributed by atoms with van der Waals surface area (Å²) in [5, 5.41) is 2.75. The van der Waals surface area contributed by atoms with E-state index in [2.05, 4.69) is 15.2 Å². The fourth-order valence-corrected chi connectivity index (χ4v) is 4.58. The highest BCUT2D eigenvalue weighted by molar-refractivity contribution is 5.76. The first-order valence-electron chi connectivity index (χ1n) is 11.7. The number of amides is 1. The molecule has 2 heterocycles. The smallest absolute Gasteiger partial charge is 0.389 e. The first-order chi connectivity index (χ1) is 15.7. The Labute approximate surface area is 191 Å². The molecule has 1 aromatic rings. The molecule has 1 aliphatic carbocycles. The van der Waals surface area contributed by atoms with E-state index in [0.29, 0.717) is 5.92 Å². The van der Waals surface area contributed by atoms with E-state index in [0.717, 1.165) is 75.8 Å². The minimum Gasteiger partial charge on any atom is -0.472 e. The number of nitrogens with one attached hydrogen (secondary N) is 1. The van der Waals surface area contributed by atoms with Crippen molar-refractivity contribution < 1.29 is 31.5 Å². The van der Waals surface area contributed by atoms with E-state index >= 15 is 0 Å². The van der Waals surface area contributed by atoms with Crippen LogP contribution in [0.25, 0.3) is 0 Å². The minimum absolute atomic E-state index is 0.0257. The summed E-state index contributed by atoms with van der Waals surface area (Å²) >= 11 is 0. The van der Waals surface area contributed by atoms with Crippen LogP contribution in [0.5, 0.6) is 5.88 Å². The molecule has 2 aliphatic rings. The van der Waals surface area contributed by atoms with Crippen molar-refractivity contribution >= 4 is 5.91 Å². The van der Waals surface area contributed by atoms with Crippen molar-refractivity contribution in [1.82, 2.24) is 15.2 Å². The van der Waals surface area contributed by atoms with Crippen LogP contribution in [0.1, 0.15) is 56.2 Å². The quantitative estimate of drug-likeness (QED) is 0.531. The molecule has 0 spiro atoms. The van der Waals surface area contributed by atoms with Crippen LogP contribution >= 0.6 is 0 Å². The van der Waals surface area contributed by atoms with Gasteiger partial charge in [-0.2, -0.15) is 13.2 Å². The monoisotopic (exact) mass is 477 g/mol. The van der Waals surface area contributed by atoms with Gasteiger partial charge in [0.2, 0.25) is 11.8 Å². The molecule has 33 heavy (non-hydrogen) atoms. The Morgan fingerprint density at radius 2 is 1.88 bits per heavy atom. The van der Waals surface area contributed by atoms with Crippen LogP contribution in [0.15, 0.2) is 12.1 Å². The highest BCUT2D eigenvalue weighted by Crippen LogP contribution is 2.28. The maximum absolute atomic E-state index is 12.3. The lowest BCUT2D eigenvalue weighted by atomic mass is 9.84. The number of rotatable bonds is 9. The lowest BCUT2D eigenvalue weighted by Crippen LogP contribution is -2.38. The number of fused-ring (bicyclic) bond motifs is 1. The van der Waals surface area contributed by atoms with Gasteiger partial charge in [0.1, 0.15) is 0 Å². The van der Waals surface area contributed by atoms with Crippen molar-refractivity contribution in [3.8, 4) is 5.88 Å². The summed E-state index contributed by atoms with van der Waals surface area (Å²) in [7, 11) is 0. The molecule has 3 rings (SSSR count). The number of aromatic nitrogens is 1. The van der Waals surface area contributed by atoms with E-state index in [9.17, 15) is 26.7 Å². The number of alkyl halides is 5. The van der Waals surface area contributed by atoms with Gasteiger partial charge in [0.05, 0.1) is 6.42 Å². The zero-order valence-corrected chi connectivity index (χ0v) is 18.7. The zero-order valence-electron chi connectivity index (χ0n) is 18.7. The Morgan fingerprint density at radius 1 is 1.15 bits per heavy atom. The average Bonchev–Trinajstić information content (AvgIpc) is 2.97. The molecule has 0 saturated heterocycles.